The van der Waals surface area contributed by atoms with Crippen LogP contribution in [0.5, 0.6) is 0 Å². The number of rotatable bonds is 3. The highest BCUT2D eigenvalue weighted by Crippen LogP contribution is 2.58. The maximum absolute atomic E-state index is 11.3. The van der Waals surface area contributed by atoms with E-state index < -0.39 is 11.4 Å². The molecule has 3 nitrogen and oxygen atoms in total. The Labute approximate surface area is 117 Å². The Bertz CT molecular complexity index is 361. The molecule has 0 spiro atoms. The molecule has 0 radical (unpaired) electrons. The number of hydrogen-bond donors (Lipinski definition) is 1. The van der Waals surface area contributed by atoms with Crippen LogP contribution in [0.3, 0.4) is 0 Å². The first kappa shape index (κ1) is 15.0. The van der Waals surface area contributed by atoms with Crippen LogP contribution in [0.2, 0.25) is 0 Å². The molecule has 2 unspecified atom stereocenters. The summed E-state index contributed by atoms with van der Waals surface area (Å²) in [6, 6.07) is 0. The van der Waals surface area contributed by atoms with Gasteiger partial charge in [-0.25, -0.2) is 0 Å². The SMILES string of the molecule is C=C(C)C1CC[C@]2(C)CCC(OC)(OC)CC2(O)C1. The van der Waals surface area contributed by atoms with Gasteiger partial charge in [-0.2, -0.15) is 0 Å². The van der Waals surface area contributed by atoms with Gasteiger partial charge in [-0.3, -0.25) is 0 Å². The lowest BCUT2D eigenvalue weighted by molar-refractivity contribution is -0.289. The summed E-state index contributed by atoms with van der Waals surface area (Å²) in [6.45, 7) is 8.36. The van der Waals surface area contributed by atoms with Gasteiger partial charge in [0, 0.05) is 27.1 Å². The predicted octanol–water partition coefficient (Wildman–Crippen LogP) is 3.27. The number of aliphatic hydroxyl groups is 1. The Balaban J connectivity index is 2.26. The van der Waals surface area contributed by atoms with Gasteiger partial charge in [0.25, 0.3) is 0 Å². The fourth-order valence-corrected chi connectivity index (χ4v) is 3.98. The first-order chi connectivity index (χ1) is 8.80. The van der Waals surface area contributed by atoms with E-state index in [4.69, 9.17) is 9.47 Å². The van der Waals surface area contributed by atoms with Crippen molar-refractivity contribution >= 4 is 0 Å². The number of allylic oxidation sites excluding steroid dienone is 1. The van der Waals surface area contributed by atoms with Gasteiger partial charge in [0.05, 0.1) is 5.60 Å². The summed E-state index contributed by atoms with van der Waals surface area (Å²) < 4.78 is 11.2. The lowest BCUT2D eigenvalue weighted by Crippen LogP contribution is -2.60. The van der Waals surface area contributed by atoms with Crippen molar-refractivity contribution in [3.8, 4) is 0 Å². The van der Waals surface area contributed by atoms with E-state index in [1.165, 1.54) is 5.57 Å². The van der Waals surface area contributed by atoms with Crippen molar-refractivity contribution in [3.05, 3.63) is 12.2 Å². The molecule has 110 valence electrons. The lowest BCUT2D eigenvalue weighted by atomic mass is 9.53. The minimum absolute atomic E-state index is 0.0144. The van der Waals surface area contributed by atoms with Gasteiger partial charge >= 0.3 is 0 Å². The summed E-state index contributed by atoms with van der Waals surface area (Å²) in [5.74, 6) is -0.201. The minimum Gasteiger partial charge on any atom is -0.389 e. The Morgan fingerprint density at radius 1 is 1.21 bits per heavy atom. The summed E-state index contributed by atoms with van der Waals surface area (Å²) in [7, 11) is 3.35. The van der Waals surface area contributed by atoms with Crippen LogP contribution in [0.1, 0.15) is 52.4 Å². The van der Waals surface area contributed by atoms with E-state index in [0.29, 0.717) is 12.3 Å². The van der Waals surface area contributed by atoms with Gasteiger partial charge in [-0.15, -0.1) is 0 Å². The van der Waals surface area contributed by atoms with Crippen LogP contribution < -0.4 is 0 Å². The topological polar surface area (TPSA) is 38.7 Å². The predicted molar refractivity (Wildman–Crippen MR) is 75.8 cm³/mol. The summed E-state index contributed by atoms with van der Waals surface area (Å²) >= 11 is 0. The van der Waals surface area contributed by atoms with Crippen LogP contribution in [0.15, 0.2) is 12.2 Å². The summed E-state index contributed by atoms with van der Waals surface area (Å²) in [6.07, 6.45) is 5.36. The van der Waals surface area contributed by atoms with Crippen LogP contribution >= 0.6 is 0 Å². The highest BCUT2D eigenvalue weighted by atomic mass is 16.7. The van der Waals surface area contributed by atoms with E-state index >= 15 is 0 Å². The van der Waals surface area contributed by atoms with Crippen LogP contribution in [-0.4, -0.2) is 30.7 Å². The molecule has 2 aliphatic carbocycles. The second kappa shape index (κ2) is 4.87. The first-order valence-electron chi connectivity index (χ1n) is 7.28. The van der Waals surface area contributed by atoms with Gasteiger partial charge < -0.3 is 14.6 Å². The van der Waals surface area contributed by atoms with Gasteiger partial charge in [-0.05, 0) is 43.9 Å². The van der Waals surface area contributed by atoms with Crippen molar-refractivity contribution in [3.63, 3.8) is 0 Å². The molecule has 3 heteroatoms. The molecule has 0 amide bonds. The molecule has 3 atom stereocenters. The highest BCUT2D eigenvalue weighted by molar-refractivity contribution is 5.12. The maximum atomic E-state index is 11.3. The average Bonchev–Trinajstić information content (AvgIpc) is 2.38. The standard InChI is InChI=1S/C16H28O3/c1-12(2)13-6-7-14(3)8-9-16(18-4,19-5)11-15(14,17)10-13/h13,17H,1,6-11H2,2-5H3/t13?,14-,15?/m1/s1. The zero-order valence-electron chi connectivity index (χ0n) is 12.8. The fraction of sp³-hybridized carbons (Fsp3) is 0.875. The smallest absolute Gasteiger partial charge is 0.170 e. The summed E-state index contributed by atoms with van der Waals surface area (Å²) in [4.78, 5) is 0. The zero-order chi connectivity index (χ0) is 14.3. The monoisotopic (exact) mass is 268 g/mol. The Morgan fingerprint density at radius 2 is 1.84 bits per heavy atom. The number of fused-ring (bicyclic) bond motifs is 1. The zero-order valence-corrected chi connectivity index (χ0v) is 12.8. The number of ether oxygens (including phenoxy) is 2. The Morgan fingerprint density at radius 3 is 2.37 bits per heavy atom. The number of hydrogen-bond acceptors (Lipinski definition) is 3. The van der Waals surface area contributed by atoms with E-state index in [1.54, 1.807) is 14.2 Å². The third-order valence-electron chi connectivity index (χ3n) is 5.81. The maximum Gasteiger partial charge on any atom is 0.170 e. The molecule has 2 saturated carbocycles. The third kappa shape index (κ3) is 2.37. The van der Waals surface area contributed by atoms with Gasteiger partial charge in [0.15, 0.2) is 5.79 Å². The van der Waals surface area contributed by atoms with Crippen molar-refractivity contribution < 1.29 is 14.6 Å². The van der Waals surface area contributed by atoms with E-state index in [1.807, 2.05) is 0 Å². The highest BCUT2D eigenvalue weighted by Gasteiger charge is 2.58. The van der Waals surface area contributed by atoms with Gasteiger partial charge in [0.1, 0.15) is 0 Å². The van der Waals surface area contributed by atoms with Crippen molar-refractivity contribution in [2.24, 2.45) is 11.3 Å². The molecule has 0 aromatic rings. The molecule has 2 aliphatic rings. The van der Waals surface area contributed by atoms with Crippen LogP contribution in [0, 0.1) is 11.3 Å². The van der Waals surface area contributed by atoms with Crippen LogP contribution in [0.4, 0.5) is 0 Å². The second-order valence-electron chi connectivity index (χ2n) is 6.87. The van der Waals surface area contributed by atoms with Crippen LogP contribution in [-0.2, 0) is 9.47 Å². The molecule has 1 N–H and O–H groups in total. The van der Waals surface area contributed by atoms with Crippen molar-refractivity contribution in [2.45, 2.75) is 63.8 Å². The van der Waals surface area contributed by atoms with Gasteiger partial charge in [-0.1, -0.05) is 19.1 Å². The molecule has 0 saturated heterocycles. The van der Waals surface area contributed by atoms with E-state index in [9.17, 15) is 5.11 Å². The normalized spacial score (nSPS) is 41.6. The van der Waals surface area contributed by atoms with Gasteiger partial charge in [0.2, 0.25) is 0 Å². The van der Waals surface area contributed by atoms with Crippen LogP contribution in [0.25, 0.3) is 0 Å². The molecule has 0 aliphatic heterocycles. The summed E-state index contributed by atoms with van der Waals surface area (Å²) in [5, 5.41) is 11.3. The largest absolute Gasteiger partial charge is 0.389 e. The molecule has 0 aromatic heterocycles. The molecular weight excluding hydrogens is 240 g/mol. The van der Waals surface area contributed by atoms with Crippen molar-refractivity contribution in [2.75, 3.05) is 14.2 Å². The molecule has 0 heterocycles. The van der Waals surface area contributed by atoms with E-state index in [0.717, 1.165) is 32.1 Å². The average molecular weight is 268 g/mol. The Hall–Kier alpha value is -0.380. The van der Waals surface area contributed by atoms with Crippen molar-refractivity contribution in [1.82, 2.24) is 0 Å². The lowest BCUT2D eigenvalue weighted by Gasteiger charge is -2.58. The molecular formula is C16H28O3. The Kier molecular flexibility index (Phi) is 3.85. The molecule has 2 rings (SSSR count). The minimum atomic E-state index is -0.709. The van der Waals surface area contributed by atoms with E-state index in [-0.39, 0.29) is 5.41 Å². The van der Waals surface area contributed by atoms with Crippen molar-refractivity contribution in [1.29, 1.82) is 0 Å². The first-order valence-corrected chi connectivity index (χ1v) is 7.28. The number of methoxy groups -OCH3 is 2. The fourth-order valence-electron chi connectivity index (χ4n) is 3.98. The van der Waals surface area contributed by atoms with E-state index in [2.05, 4.69) is 20.4 Å². The second-order valence-corrected chi connectivity index (χ2v) is 6.87. The molecule has 0 bridgehead atoms. The molecule has 0 aromatic carbocycles. The molecule has 19 heavy (non-hydrogen) atoms. The summed E-state index contributed by atoms with van der Waals surface area (Å²) in [5.41, 5.74) is 0.458. The molecule has 2 fully saturated rings. The third-order valence-corrected chi connectivity index (χ3v) is 5.81. The quantitative estimate of drug-likeness (QED) is 0.630.